The molecule has 0 saturated carbocycles. The summed E-state index contributed by atoms with van der Waals surface area (Å²) in [6.07, 6.45) is 2.83. The van der Waals surface area contributed by atoms with E-state index < -0.39 is 0 Å². The summed E-state index contributed by atoms with van der Waals surface area (Å²) < 4.78 is 0. The van der Waals surface area contributed by atoms with E-state index >= 15 is 0 Å². The zero-order valence-corrected chi connectivity index (χ0v) is 12.3. The quantitative estimate of drug-likeness (QED) is 0.851. The van der Waals surface area contributed by atoms with Gasteiger partial charge in [0.05, 0.1) is 10.9 Å². The molecule has 0 fully saturated rings. The summed E-state index contributed by atoms with van der Waals surface area (Å²) in [6.45, 7) is 2.08. The largest absolute Gasteiger partial charge is 0.399 e. The molecular formula is C16H18N2OS. The summed E-state index contributed by atoms with van der Waals surface area (Å²) in [5, 5.41) is 5.15. The fourth-order valence-electron chi connectivity index (χ4n) is 2.82. The van der Waals surface area contributed by atoms with Crippen LogP contribution in [0.1, 0.15) is 45.7 Å². The zero-order valence-electron chi connectivity index (χ0n) is 11.5. The SMILES string of the molecule is CCc1ccsc1C(=O)NC1CCc2cc(N)ccc21. The normalized spacial score (nSPS) is 16.9. The van der Waals surface area contributed by atoms with E-state index in [9.17, 15) is 4.79 Å². The number of hydrogen-bond acceptors (Lipinski definition) is 3. The lowest BCUT2D eigenvalue weighted by Crippen LogP contribution is -2.27. The second kappa shape index (κ2) is 5.29. The van der Waals surface area contributed by atoms with Gasteiger partial charge in [0, 0.05) is 5.69 Å². The Morgan fingerprint density at radius 2 is 2.30 bits per heavy atom. The molecule has 3 rings (SSSR count). The van der Waals surface area contributed by atoms with Crippen LogP contribution in [0.25, 0.3) is 0 Å². The Bertz CT molecular complexity index is 648. The van der Waals surface area contributed by atoms with Crippen LogP contribution in [0.5, 0.6) is 0 Å². The number of nitrogens with one attached hydrogen (secondary N) is 1. The van der Waals surface area contributed by atoms with Crippen LogP contribution >= 0.6 is 11.3 Å². The van der Waals surface area contributed by atoms with Crippen LogP contribution in [-0.4, -0.2) is 5.91 Å². The lowest BCUT2D eigenvalue weighted by molar-refractivity contribution is 0.0940. The first-order valence-electron chi connectivity index (χ1n) is 6.94. The van der Waals surface area contributed by atoms with Crippen LogP contribution in [-0.2, 0) is 12.8 Å². The molecule has 1 aliphatic rings. The van der Waals surface area contributed by atoms with Gasteiger partial charge in [-0.15, -0.1) is 11.3 Å². The van der Waals surface area contributed by atoms with E-state index in [4.69, 9.17) is 5.73 Å². The van der Waals surface area contributed by atoms with Gasteiger partial charge in [-0.3, -0.25) is 4.79 Å². The Kier molecular flexibility index (Phi) is 3.49. The molecule has 104 valence electrons. The predicted molar refractivity (Wildman–Crippen MR) is 83.1 cm³/mol. The number of nitrogen functional groups attached to an aromatic ring is 1. The number of rotatable bonds is 3. The highest BCUT2D eigenvalue weighted by Gasteiger charge is 2.25. The van der Waals surface area contributed by atoms with Crippen LogP contribution in [0.15, 0.2) is 29.6 Å². The van der Waals surface area contributed by atoms with Crippen LogP contribution in [0.3, 0.4) is 0 Å². The summed E-state index contributed by atoms with van der Waals surface area (Å²) in [4.78, 5) is 13.2. The topological polar surface area (TPSA) is 55.1 Å². The van der Waals surface area contributed by atoms with E-state index in [0.29, 0.717) is 0 Å². The molecule has 0 bridgehead atoms. The van der Waals surface area contributed by atoms with Crippen LogP contribution < -0.4 is 11.1 Å². The van der Waals surface area contributed by atoms with Crippen LogP contribution in [0.4, 0.5) is 5.69 Å². The average Bonchev–Trinajstić information content (AvgIpc) is 3.05. The summed E-state index contributed by atoms with van der Waals surface area (Å²) >= 11 is 1.52. The first kappa shape index (κ1) is 13.2. The fourth-order valence-corrected chi connectivity index (χ4v) is 3.72. The number of nitrogens with two attached hydrogens (primary N) is 1. The van der Waals surface area contributed by atoms with Gasteiger partial charge in [-0.05, 0) is 59.5 Å². The molecule has 0 radical (unpaired) electrons. The van der Waals surface area contributed by atoms with Gasteiger partial charge in [0.1, 0.15) is 0 Å². The second-order valence-electron chi connectivity index (χ2n) is 5.15. The third kappa shape index (κ3) is 2.31. The van der Waals surface area contributed by atoms with Crippen molar-refractivity contribution >= 4 is 22.9 Å². The molecule has 3 nitrogen and oxygen atoms in total. The number of anilines is 1. The Morgan fingerprint density at radius 1 is 1.45 bits per heavy atom. The minimum Gasteiger partial charge on any atom is -0.399 e. The second-order valence-corrected chi connectivity index (χ2v) is 6.07. The predicted octanol–water partition coefficient (Wildman–Crippen LogP) is 3.31. The molecule has 1 aliphatic carbocycles. The zero-order chi connectivity index (χ0) is 14.1. The van der Waals surface area contributed by atoms with Crippen molar-refractivity contribution in [1.29, 1.82) is 0 Å². The van der Waals surface area contributed by atoms with Crippen LogP contribution in [0, 0.1) is 0 Å². The Morgan fingerprint density at radius 3 is 3.10 bits per heavy atom. The molecule has 4 heteroatoms. The Labute approximate surface area is 122 Å². The third-order valence-corrected chi connectivity index (χ3v) is 4.84. The molecule has 0 aliphatic heterocycles. The molecule has 0 spiro atoms. The van der Waals surface area contributed by atoms with E-state index in [-0.39, 0.29) is 11.9 Å². The standard InChI is InChI=1S/C16H18N2OS/c1-2-10-7-8-20-15(10)16(19)18-14-6-3-11-9-12(17)4-5-13(11)14/h4-5,7-9,14H,2-3,6,17H2,1H3,(H,18,19). The molecule has 3 N–H and O–H groups in total. The third-order valence-electron chi connectivity index (χ3n) is 3.88. The molecule has 1 aromatic carbocycles. The summed E-state index contributed by atoms with van der Waals surface area (Å²) in [7, 11) is 0. The first-order chi connectivity index (χ1) is 9.69. The lowest BCUT2D eigenvalue weighted by atomic mass is 10.1. The van der Waals surface area contributed by atoms with Gasteiger partial charge < -0.3 is 11.1 Å². The first-order valence-corrected chi connectivity index (χ1v) is 7.82. The average molecular weight is 286 g/mol. The molecule has 1 unspecified atom stereocenters. The van der Waals surface area contributed by atoms with Gasteiger partial charge >= 0.3 is 0 Å². The van der Waals surface area contributed by atoms with E-state index in [1.54, 1.807) is 0 Å². The van der Waals surface area contributed by atoms with Crippen molar-refractivity contribution < 1.29 is 4.79 Å². The summed E-state index contributed by atoms with van der Waals surface area (Å²) in [5.41, 5.74) is 10.2. The van der Waals surface area contributed by atoms with Gasteiger partial charge in [0.25, 0.3) is 5.91 Å². The molecular weight excluding hydrogens is 268 g/mol. The number of hydrogen-bond donors (Lipinski definition) is 2. The van der Waals surface area contributed by atoms with Crippen molar-refractivity contribution in [3.63, 3.8) is 0 Å². The molecule has 2 aromatic rings. The van der Waals surface area contributed by atoms with Crippen molar-refractivity contribution in [2.75, 3.05) is 5.73 Å². The van der Waals surface area contributed by atoms with Gasteiger partial charge in [-0.2, -0.15) is 0 Å². The Hall–Kier alpha value is -1.81. The number of fused-ring (bicyclic) bond motifs is 1. The monoisotopic (exact) mass is 286 g/mol. The number of thiophene rings is 1. The molecule has 1 aromatic heterocycles. The number of benzene rings is 1. The maximum absolute atomic E-state index is 12.4. The lowest BCUT2D eigenvalue weighted by Gasteiger charge is -2.14. The summed E-state index contributed by atoms with van der Waals surface area (Å²) in [6, 6.07) is 8.11. The highest BCUT2D eigenvalue weighted by molar-refractivity contribution is 7.12. The smallest absolute Gasteiger partial charge is 0.262 e. The Balaban J connectivity index is 1.79. The number of aryl methyl sites for hydroxylation is 2. The fraction of sp³-hybridized carbons (Fsp3) is 0.312. The van der Waals surface area contributed by atoms with Crippen molar-refractivity contribution in [1.82, 2.24) is 5.32 Å². The highest BCUT2D eigenvalue weighted by atomic mass is 32.1. The summed E-state index contributed by atoms with van der Waals surface area (Å²) in [5.74, 6) is 0.0477. The van der Waals surface area contributed by atoms with E-state index in [2.05, 4.69) is 12.2 Å². The van der Waals surface area contributed by atoms with E-state index in [1.165, 1.54) is 22.5 Å². The molecule has 1 heterocycles. The highest BCUT2D eigenvalue weighted by Crippen LogP contribution is 2.33. The molecule has 20 heavy (non-hydrogen) atoms. The van der Waals surface area contributed by atoms with Crippen molar-refractivity contribution in [2.45, 2.75) is 32.2 Å². The van der Waals surface area contributed by atoms with Gasteiger partial charge in [0.15, 0.2) is 0 Å². The number of carbonyl (C=O) groups excluding carboxylic acids is 1. The molecule has 0 saturated heterocycles. The number of amides is 1. The van der Waals surface area contributed by atoms with Gasteiger partial charge in [0.2, 0.25) is 0 Å². The minimum absolute atomic E-state index is 0.0477. The maximum atomic E-state index is 12.4. The maximum Gasteiger partial charge on any atom is 0.262 e. The molecule has 1 atom stereocenters. The van der Waals surface area contributed by atoms with Crippen molar-refractivity contribution in [2.24, 2.45) is 0 Å². The van der Waals surface area contributed by atoms with Crippen molar-refractivity contribution in [3.8, 4) is 0 Å². The van der Waals surface area contributed by atoms with Gasteiger partial charge in [-0.25, -0.2) is 0 Å². The van der Waals surface area contributed by atoms with Crippen molar-refractivity contribution in [3.05, 3.63) is 51.2 Å². The van der Waals surface area contributed by atoms with E-state index in [0.717, 1.165) is 35.4 Å². The van der Waals surface area contributed by atoms with Crippen LogP contribution in [0.2, 0.25) is 0 Å². The number of carbonyl (C=O) groups is 1. The van der Waals surface area contributed by atoms with E-state index in [1.807, 2.05) is 29.6 Å². The molecule has 1 amide bonds. The minimum atomic E-state index is 0.0477. The van der Waals surface area contributed by atoms with Gasteiger partial charge in [-0.1, -0.05) is 13.0 Å².